The van der Waals surface area contributed by atoms with Gasteiger partial charge in [-0.05, 0) is 31.2 Å². The predicted molar refractivity (Wildman–Crippen MR) is 78.1 cm³/mol. The summed E-state index contributed by atoms with van der Waals surface area (Å²) < 4.78 is 0. The third-order valence-corrected chi connectivity index (χ3v) is 3.63. The molecule has 0 bridgehead atoms. The molecule has 6 heteroatoms. The fourth-order valence-electron chi connectivity index (χ4n) is 2.72. The minimum absolute atomic E-state index is 0.157. The van der Waals surface area contributed by atoms with E-state index in [-0.39, 0.29) is 10.6 Å². The number of piperazine rings is 1. The van der Waals surface area contributed by atoms with E-state index in [1.54, 1.807) is 18.3 Å². The van der Waals surface area contributed by atoms with E-state index in [2.05, 4.69) is 22.1 Å². The highest BCUT2D eigenvalue weighted by atomic mass is 16.6. The molecule has 1 atom stereocenters. The summed E-state index contributed by atoms with van der Waals surface area (Å²) in [7, 11) is 0. The Morgan fingerprint density at radius 2 is 2.30 bits per heavy atom. The maximum Gasteiger partial charge on any atom is 0.301 e. The van der Waals surface area contributed by atoms with Crippen LogP contribution in [-0.4, -0.2) is 35.6 Å². The van der Waals surface area contributed by atoms with Gasteiger partial charge in [-0.1, -0.05) is 0 Å². The standard InChI is InChI=1S/C14H16N4O2/c1-10-9-17(8-7-15-10)13-5-4-12-11(3-2-6-16-12)14(13)18(19)20/h2-6,10,15H,7-9H2,1H3/t10-/m1/s1. The zero-order valence-electron chi connectivity index (χ0n) is 11.2. The Hall–Kier alpha value is -2.21. The maximum atomic E-state index is 11.5. The zero-order chi connectivity index (χ0) is 14.1. The van der Waals surface area contributed by atoms with Crippen LogP contribution in [0.2, 0.25) is 0 Å². The number of hydrogen-bond donors (Lipinski definition) is 1. The number of pyridine rings is 1. The Morgan fingerprint density at radius 1 is 1.45 bits per heavy atom. The Kier molecular flexibility index (Phi) is 3.23. The van der Waals surface area contributed by atoms with Gasteiger partial charge in [-0.2, -0.15) is 0 Å². The number of rotatable bonds is 2. The van der Waals surface area contributed by atoms with E-state index < -0.39 is 0 Å². The van der Waals surface area contributed by atoms with Crippen molar-refractivity contribution in [1.29, 1.82) is 0 Å². The van der Waals surface area contributed by atoms with Crippen molar-refractivity contribution < 1.29 is 4.92 Å². The Labute approximate surface area is 116 Å². The van der Waals surface area contributed by atoms with Gasteiger partial charge >= 0.3 is 5.69 Å². The van der Waals surface area contributed by atoms with Gasteiger partial charge in [0.05, 0.1) is 15.8 Å². The third kappa shape index (κ3) is 2.18. The first-order chi connectivity index (χ1) is 9.66. The van der Waals surface area contributed by atoms with Gasteiger partial charge in [0.1, 0.15) is 5.69 Å². The number of nitrogens with zero attached hydrogens (tertiary/aromatic N) is 3. The number of anilines is 1. The number of fused-ring (bicyclic) bond motifs is 1. The molecule has 6 nitrogen and oxygen atoms in total. The van der Waals surface area contributed by atoms with Crippen LogP contribution in [0.5, 0.6) is 0 Å². The molecule has 1 aromatic heterocycles. The molecular weight excluding hydrogens is 256 g/mol. The number of nitro benzene ring substituents is 1. The lowest BCUT2D eigenvalue weighted by Gasteiger charge is -2.33. The van der Waals surface area contributed by atoms with Crippen LogP contribution < -0.4 is 10.2 Å². The van der Waals surface area contributed by atoms with Gasteiger partial charge in [-0.15, -0.1) is 0 Å². The number of nitro groups is 1. The van der Waals surface area contributed by atoms with Gasteiger partial charge in [0, 0.05) is 31.9 Å². The molecule has 0 amide bonds. The van der Waals surface area contributed by atoms with Crippen LogP contribution in [0.3, 0.4) is 0 Å². The molecule has 1 aliphatic heterocycles. The molecule has 1 aliphatic rings. The summed E-state index contributed by atoms with van der Waals surface area (Å²) in [5.41, 5.74) is 1.50. The Morgan fingerprint density at radius 3 is 3.05 bits per heavy atom. The van der Waals surface area contributed by atoms with E-state index in [1.165, 1.54) is 0 Å². The lowest BCUT2D eigenvalue weighted by atomic mass is 10.1. The molecule has 3 rings (SSSR count). The summed E-state index contributed by atoms with van der Waals surface area (Å²) in [5, 5.41) is 15.4. The average molecular weight is 272 g/mol. The molecule has 104 valence electrons. The van der Waals surface area contributed by atoms with Gasteiger partial charge in [0.15, 0.2) is 0 Å². The average Bonchev–Trinajstić information content (AvgIpc) is 2.45. The molecule has 20 heavy (non-hydrogen) atoms. The molecule has 1 saturated heterocycles. The van der Waals surface area contributed by atoms with Crippen LogP contribution in [0, 0.1) is 10.1 Å². The molecule has 2 aromatic rings. The first-order valence-electron chi connectivity index (χ1n) is 6.67. The highest BCUT2D eigenvalue weighted by Crippen LogP contribution is 2.35. The highest BCUT2D eigenvalue weighted by molar-refractivity contribution is 5.94. The molecule has 1 fully saturated rings. The zero-order valence-corrected chi connectivity index (χ0v) is 11.2. The van der Waals surface area contributed by atoms with Crippen LogP contribution in [0.15, 0.2) is 30.5 Å². The van der Waals surface area contributed by atoms with Crippen molar-refractivity contribution in [3.05, 3.63) is 40.6 Å². The molecule has 0 saturated carbocycles. The second kappa shape index (κ2) is 5.05. The molecule has 0 aliphatic carbocycles. The van der Waals surface area contributed by atoms with E-state index in [9.17, 15) is 10.1 Å². The topological polar surface area (TPSA) is 71.3 Å². The molecule has 1 aromatic carbocycles. The van der Waals surface area contributed by atoms with Crippen LogP contribution in [0.1, 0.15) is 6.92 Å². The number of aromatic nitrogens is 1. The summed E-state index contributed by atoms with van der Waals surface area (Å²) in [6.07, 6.45) is 1.65. The molecule has 0 unspecified atom stereocenters. The molecular formula is C14H16N4O2. The first kappa shape index (κ1) is 12.8. The van der Waals surface area contributed by atoms with Crippen molar-refractivity contribution in [2.45, 2.75) is 13.0 Å². The van der Waals surface area contributed by atoms with E-state index in [4.69, 9.17) is 0 Å². The third-order valence-electron chi connectivity index (χ3n) is 3.63. The van der Waals surface area contributed by atoms with Gasteiger partial charge in [0.2, 0.25) is 0 Å². The first-order valence-corrected chi connectivity index (χ1v) is 6.67. The highest BCUT2D eigenvalue weighted by Gasteiger charge is 2.25. The second-order valence-corrected chi connectivity index (χ2v) is 5.06. The fourth-order valence-corrected chi connectivity index (χ4v) is 2.72. The second-order valence-electron chi connectivity index (χ2n) is 5.06. The van der Waals surface area contributed by atoms with Crippen molar-refractivity contribution in [1.82, 2.24) is 10.3 Å². The predicted octanol–water partition coefficient (Wildman–Crippen LogP) is 1.94. The van der Waals surface area contributed by atoms with E-state index in [1.807, 2.05) is 12.1 Å². The van der Waals surface area contributed by atoms with Crippen molar-refractivity contribution in [3.63, 3.8) is 0 Å². The molecule has 0 radical (unpaired) electrons. The minimum atomic E-state index is -0.300. The SMILES string of the molecule is C[C@@H]1CN(c2ccc3ncccc3c2[N+](=O)[O-])CCN1. The van der Waals surface area contributed by atoms with Gasteiger partial charge in [0.25, 0.3) is 0 Å². The van der Waals surface area contributed by atoms with Crippen molar-refractivity contribution in [2.24, 2.45) is 0 Å². The summed E-state index contributed by atoms with van der Waals surface area (Å²) in [4.78, 5) is 17.5. The van der Waals surface area contributed by atoms with Gasteiger partial charge < -0.3 is 10.2 Å². The van der Waals surface area contributed by atoms with Crippen LogP contribution in [-0.2, 0) is 0 Å². The summed E-state index contributed by atoms with van der Waals surface area (Å²) in [6, 6.07) is 7.48. The Bertz CT molecular complexity index is 659. The Balaban J connectivity index is 2.14. The lowest BCUT2D eigenvalue weighted by molar-refractivity contribution is -0.382. The molecule has 2 heterocycles. The maximum absolute atomic E-state index is 11.5. The number of benzene rings is 1. The van der Waals surface area contributed by atoms with Crippen molar-refractivity contribution in [3.8, 4) is 0 Å². The van der Waals surface area contributed by atoms with Crippen LogP contribution in [0.25, 0.3) is 10.9 Å². The molecule has 1 N–H and O–H groups in total. The minimum Gasteiger partial charge on any atom is -0.363 e. The largest absolute Gasteiger partial charge is 0.363 e. The van der Waals surface area contributed by atoms with Crippen molar-refractivity contribution in [2.75, 3.05) is 24.5 Å². The summed E-state index contributed by atoms with van der Waals surface area (Å²) in [5.74, 6) is 0. The normalized spacial score (nSPS) is 19.2. The van der Waals surface area contributed by atoms with Gasteiger partial charge in [-0.25, -0.2) is 0 Å². The quantitative estimate of drug-likeness (QED) is 0.668. The smallest absolute Gasteiger partial charge is 0.301 e. The summed E-state index contributed by atoms with van der Waals surface area (Å²) in [6.45, 7) is 4.47. The van der Waals surface area contributed by atoms with E-state index in [0.717, 1.165) is 19.6 Å². The lowest BCUT2D eigenvalue weighted by Crippen LogP contribution is -2.49. The van der Waals surface area contributed by atoms with Gasteiger partial charge in [-0.3, -0.25) is 15.1 Å². The van der Waals surface area contributed by atoms with Crippen LogP contribution >= 0.6 is 0 Å². The number of hydrogen-bond acceptors (Lipinski definition) is 5. The summed E-state index contributed by atoms with van der Waals surface area (Å²) >= 11 is 0. The van der Waals surface area contributed by atoms with E-state index in [0.29, 0.717) is 22.6 Å². The number of nitrogens with one attached hydrogen (secondary N) is 1. The van der Waals surface area contributed by atoms with Crippen LogP contribution in [0.4, 0.5) is 11.4 Å². The van der Waals surface area contributed by atoms with E-state index >= 15 is 0 Å². The fraction of sp³-hybridized carbons (Fsp3) is 0.357. The molecule has 0 spiro atoms. The van der Waals surface area contributed by atoms with Crippen molar-refractivity contribution >= 4 is 22.3 Å². The monoisotopic (exact) mass is 272 g/mol.